The van der Waals surface area contributed by atoms with E-state index in [4.69, 9.17) is 10.8 Å². The van der Waals surface area contributed by atoms with Crippen molar-refractivity contribution in [2.24, 2.45) is 5.73 Å². The van der Waals surface area contributed by atoms with Gasteiger partial charge in [-0.1, -0.05) is 12.1 Å². The zero-order chi connectivity index (χ0) is 15.4. The highest BCUT2D eigenvalue weighted by atomic mass is 16.4. The Morgan fingerprint density at radius 1 is 1.43 bits per heavy atom. The van der Waals surface area contributed by atoms with Crippen molar-refractivity contribution in [2.45, 2.75) is 45.1 Å². The lowest BCUT2D eigenvalue weighted by molar-refractivity contribution is -0.137. The second-order valence-corrected chi connectivity index (χ2v) is 5.55. The Kier molecular flexibility index (Phi) is 4.96. The molecule has 0 spiro atoms. The van der Waals surface area contributed by atoms with Gasteiger partial charge < -0.3 is 15.7 Å². The molecule has 0 fully saturated rings. The zero-order valence-corrected chi connectivity index (χ0v) is 12.3. The molecule has 1 aromatic rings. The van der Waals surface area contributed by atoms with E-state index in [1.165, 1.54) is 0 Å². The summed E-state index contributed by atoms with van der Waals surface area (Å²) in [7, 11) is 0. The molecule has 0 aliphatic carbocycles. The predicted octanol–water partition coefficient (Wildman–Crippen LogP) is 2.24. The number of hydrogen-bond acceptors (Lipinski definition) is 3. The molecule has 0 saturated carbocycles. The fraction of sp³-hybridized carbons (Fsp3) is 0.500. The van der Waals surface area contributed by atoms with E-state index in [2.05, 4.69) is 6.07 Å². The van der Waals surface area contributed by atoms with Crippen LogP contribution in [0.5, 0.6) is 0 Å². The van der Waals surface area contributed by atoms with Crippen molar-refractivity contribution in [3.63, 3.8) is 0 Å². The fourth-order valence-corrected chi connectivity index (χ4v) is 2.81. The molecule has 1 amide bonds. The minimum atomic E-state index is -0.787. The molecule has 0 aromatic heterocycles. The highest BCUT2D eigenvalue weighted by Gasteiger charge is 2.20. The van der Waals surface area contributed by atoms with E-state index in [1.54, 1.807) is 11.8 Å². The van der Waals surface area contributed by atoms with Gasteiger partial charge in [-0.25, -0.2) is 0 Å². The molecule has 3 N–H and O–H groups in total. The average Bonchev–Trinajstić information content (AvgIpc) is 2.45. The van der Waals surface area contributed by atoms with E-state index in [1.807, 2.05) is 12.1 Å². The first-order valence-electron chi connectivity index (χ1n) is 7.37. The van der Waals surface area contributed by atoms with Gasteiger partial charge in [-0.3, -0.25) is 9.59 Å². The summed E-state index contributed by atoms with van der Waals surface area (Å²) in [6, 6.07) is 5.83. The topological polar surface area (TPSA) is 83.6 Å². The van der Waals surface area contributed by atoms with E-state index in [-0.39, 0.29) is 18.4 Å². The number of aliphatic carboxylic acids is 1. The van der Waals surface area contributed by atoms with Crippen molar-refractivity contribution in [3.05, 3.63) is 29.3 Å². The predicted molar refractivity (Wildman–Crippen MR) is 81.2 cm³/mol. The van der Waals surface area contributed by atoms with Gasteiger partial charge in [-0.15, -0.1) is 0 Å². The Labute approximate surface area is 124 Å². The van der Waals surface area contributed by atoms with E-state index in [0.29, 0.717) is 12.8 Å². The smallest absolute Gasteiger partial charge is 0.303 e. The fourth-order valence-electron chi connectivity index (χ4n) is 2.81. The molecule has 5 nitrogen and oxygen atoms in total. The molecule has 5 heteroatoms. The number of rotatable bonds is 5. The molecular formula is C16H22N2O3. The maximum absolute atomic E-state index is 11.6. The van der Waals surface area contributed by atoms with E-state index in [9.17, 15) is 9.59 Å². The molecule has 114 valence electrons. The van der Waals surface area contributed by atoms with Crippen LogP contribution in [0.4, 0.5) is 5.69 Å². The second-order valence-electron chi connectivity index (χ2n) is 5.55. The number of fused-ring (bicyclic) bond motifs is 1. The van der Waals surface area contributed by atoms with E-state index in [0.717, 1.165) is 36.2 Å². The first kappa shape index (κ1) is 15.5. The van der Waals surface area contributed by atoms with Crippen LogP contribution in [-0.2, 0) is 16.0 Å². The van der Waals surface area contributed by atoms with Gasteiger partial charge >= 0.3 is 5.97 Å². The SMILES string of the molecule is CC(=O)N1CCCc2cc(C(N)CCCC(=O)O)ccc21. The third-order valence-electron chi connectivity index (χ3n) is 3.94. The summed E-state index contributed by atoms with van der Waals surface area (Å²) in [6.07, 6.45) is 3.30. The number of hydrogen-bond donors (Lipinski definition) is 2. The normalized spacial score (nSPS) is 15.4. The molecule has 1 aliphatic rings. The summed E-state index contributed by atoms with van der Waals surface area (Å²) in [5.74, 6) is -0.723. The van der Waals surface area contributed by atoms with Crippen LogP contribution in [0.3, 0.4) is 0 Å². The van der Waals surface area contributed by atoms with Crippen LogP contribution in [0, 0.1) is 0 Å². The lowest BCUT2D eigenvalue weighted by Crippen LogP contribution is -2.33. The highest BCUT2D eigenvalue weighted by molar-refractivity contribution is 5.92. The Hall–Kier alpha value is -1.88. The van der Waals surface area contributed by atoms with Crippen molar-refractivity contribution in [1.29, 1.82) is 0 Å². The van der Waals surface area contributed by atoms with E-state index < -0.39 is 5.97 Å². The number of aryl methyl sites for hydroxylation is 1. The monoisotopic (exact) mass is 290 g/mol. The lowest BCUT2D eigenvalue weighted by Gasteiger charge is -2.29. The molecule has 1 aromatic carbocycles. The third kappa shape index (κ3) is 3.82. The summed E-state index contributed by atoms with van der Waals surface area (Å²) < 4.78 is 0. The van der Waals surface area contributed by atoms with E-state index >= 15 is 0 Å². The number of anilines is 1. The maximum atomic E-state index is 11.6. The van der Waals surface area contributed by atoms with Crippen molar-refractivity contribution in [2.75, 3.05) is 11.4 Å². The van der Waals surface area contributed by atoms with Crippen LogP contribution in [0.25, 0.3) is 0 Å². The molecule has 21 heavy (non-hydrogen) atoms. The summed E-state index contributed by atoms with van der Waals surface area (Å²) in [5.41, 5.74) is 9.29. The van der Waals surface area contributed by atoms with Crippen LogP contribution >= 0.6 is 0 Å². The molecule has 0 radical (unpaired) electrons. The number of nitrogens with zero attached hydrogens (tertiary/aromatic N) is 1. The van der Waals surface area contributed by atoms with Crippen molar-refractivity contribution in [3.8, 4) is 0 Å². The summed E-state index contributed by atoms with van der Waals surface area (Å²) >= 11 is 0. The number of amides is 1. The Balaban J connectivity index is 2.09. The largest absolute Gasteiger partial charge is 0.481 e. The van der Waals surface area contributed by atoms with Gasteiger partial charge in [0.2, 0.25) is 5.91 Å². The van der Waals surface area contributed by atoms with Gasteiger partial charge in [0.05, 0.1) is 0 Å². The van der Waals surface area contributed by atoms with Crippen LogP contribution in [0.2, 0.25) is 0 Å². The Morgan fingerprint density at radius 3 is 2.86 bits per heavy atom. The van der Waals surface area contributed by atoms with Gasteiger partial charge in [-0.05, 0) is 42.9 Å². The molecule has 1 aliphatic heterocycles. The Bertz CT molecular complexity index is 542. The number of benzene rings is 1. The first-order valence-corrected chi connectivity index (χ1v) is 7.37. The minimum Gasteiger partial charge on any atom is -0.481 e. The first-order chi connectivity index (χ1) is 9.99. The standard InChI is InChI=1S/C16H22N2O3/c1-11(19)18-9-3-4-13-10-12(7-8-15(13)18)14(17)5-2-6-16(20)21/h7-8,10,14H,2-6,9,17H2,1H3,(H,20,21). The zero-order valence-electron chi connectivity index (χ0n) is 12.3. The molecule has 1 unspecified atom stereocenters. The number of carboxylic acids is 1. The molecule has 1 heterocycles. The molecule has 1 atom stereocenters. The van der Waals surface area contributed by atoms with Crippen LogP contribution in [-0.4, -0.2) is 23.5 Å². The van der Waals surface area contributed by atoms with Crippen LogP contribution < -0.4 is 10.6 Å². The highest BCUT2D eigenvalue weighted by Crippen LogP contribution is 2.30. The Morgan fingerprint density at radius 2 is 2.19 bits per heavy atom. The number of carbonyl (C=O) groups excluding carboxylic acids is 1. The second kappa shape index (κ2) is 6.72. The van der Waals surface area contributed by atoms with Gasteiger partial charge in [0.15, 0.2) is 0 Å². The van der Waals surface area contributed by atoms with Crippen LogP contribution in [0.15, 0.2) is 18.2 Å². The number of carboxylic acid groups (broad SMARTS) is 1. The average molecular weight is 290 g/mol. The summed E-state index contributed by atoms with van der Waals surface area (Å²) in [6.45, 7) is 2.35. The molecular weight excluding hydrogens is 268 g/mol. The third-order valence-corrected chi connectivity index (χ3v) is 3.94. The van der Waals surface area contributed by atoms with Crippen molar-refractivity contribution >= 4 is 17.6 Å². The quantitative estimate of drug-likeness (QED) is 0.871. The van der Waals surface area contributed by atoms with Gasteiger partial charge in [0.25, 0.3) is 0 Å². The minimum absolute atomic E-state index is 0.0643. The number of nitrogens with two attached hydrogens (primary N) is 1. The van der Waals surface area contributed by atoms with Crippen molar-refractivity contribution < 1.29 is 14.7 Å². The molecule has 0 bridgehead atoms. The van der Waals surface area contributed by atoms with Crippen molar-refractivity contribution in [1.82, 2.24) is 0 Å². The number of carbonyl (C=O) groups is 2. The molecule has 0 saturated heterocycles. The van der Waals surface area contributed by atoms with Gasteiger partial charge in [0, 0.05) is 31.6 Å². The van der Waals surface area contributed by atoms with Crippen LogP contribution in [0.1, 0.15) is 49.8 Å². The maximum Gasteiger partial charge on any atom is 0.303 e. The lowest BCUT2D eigenvalue weighted by atomic mass is 9.94. The van der Waals surface area contributed by atoms with Gasteiger partial charge in [0.1, 0.15) is 0 Å². The van der Waals surface area contributed by atoms with Gasteiger partial charge in [-0.2, -0.15) is 0 Å². The summed E-state index contributed by atoms with van der Waals surface area (Å²) in [5, 5.41) is 8.66. The molecule has 2 rings (SSSR count). The summed E-state index contributed by atoms with van der Waals surface area (Å²) in [4.78, 5) is 24.0.